The van der Waals surface area contributed by atoms with Crippen LogP contribution in [0.2, 0.25) is 0 Å². The summed E-state index contributed by atoms with van der Waals surface area (Å²) in [6.45, 7) is 19.2. The van der Waals surface area contributed by atoms with E-state index in [-0.39, 0.29) is 11.1 Å². The lowest BCUT2D eigenvalue weighted by molar-refractivity contribution is 0.277. The molecule has 0 aliphatic rings. The number of benzene rings is 1. The molecule has 0 saturated heterocycles. The average molecular weight is 519 g/mol. The smallest absolute Gasteiger partial charge is 0.223 e. The van der Waals surface area contributed by atoms with Crippen LogP contribution in [-0.4, -0.2) is 42.3 Å². The number of ether oxygens (including phenoxy) is 1. The molecule has 1 aromatic carbocycles. The van der Waals surface area contributed by atoms with E-state index in [0.29, 0.717) is 36.0 Å². The maximum absolute atomic E-state index is 14.8. The summed E-state index contributed by atoms with van der Waals surface area (Å²) in [5.74, 6) is 0.0282. The largest absolute Gasteiger partial charge is 0.396 e. The van der Waals surface area contributed by atoms with Gasteiger partial charge in [-0.05, 0) is 24.4 Å². The summed E-state index contributed by atoms with van der Waals surface area (Å²) in [5.41, 5.74) is 7.31. The number of hydrogen-bond donors (Lipinski definition) is 3. The lowest BCUT2D eigenvalue weighted by atomic mass is 9.98. The molecule has 0 fully saturated rings. The number of nitrogens with zero attached hydrogens (tertiary/aromatic N) is 3. The molecule has 0 bridgehead atoms. The van der Waals surface area contributed by atoms with E-state index in [1.54, 1.807) is 50.9 Å². The molecule has 7 nitrogen and oxygen atoms in total. The highest BCUT2D eigenvalue weighted by atomic mass is 32.1. The summed E-state index contributed by atoms with van der Waals surface area (Å²) in [4.78, 5) is 14.4. The Kier molecular flexibility index (Phi) is 15.9. The predicted molar refractivity (Wildman–Crippen MR) is 154 cm³/mol. The Bertz CT molecular complexity index is 1030. The maximum Gasteiger partial charge on any atom is 0.223 e. The first-order chi connectivity index (χ1) is 17.2. The van der Waals surface area contributed by atoms with Crippen LogP contribution in [0.3, 0.4) is 0 Å². The van der Waals surface area contributed by atoms with Gasteiger partial charge in [0.05, 0.1) is 27.0 Å². The molecular weight excluding hydrogens is 475 g/mol. The molecule has 0 atom stereocenters. The van der Waals surface area contributed by atoms with Crippen LogP contribution in [0, 0.1) is 5.82 Å². The first-order valence-electron chi connectivity index (χ1n) is 12.1. The monoisotopic (exact) mass is 518 g/mol. The van der Waals surface area contributed by atoms with Crippen molar-refractivity contribution < 1.29 is 9.13 Å². The number of nitrogen functional groups attached to an aromatic ring is 1. The molecule has 200 valence electrons. The van der Waals surface area contributed by atoms with Gasteiger partial charge in [-0.3, -0.25) is 0 Å². The molecule has 0 radical (unpaired) electrons. The van der Waals surface area contributed by atoms with Crippen LogP contribution in [0.25, 0.3) is 21.8 Å². The van der Waals surface area contributed by atoms with E-state index in [1.165, 1.54) is 11.3 Å². The molecule has 2 aromatic heterocycles. The Morgan fingerprint density at radius 1 is 1.08 bits per heavy atom. The van der Waals surface area contributed by atoms with Crippen molar-refractivity contribution in [2.24, 2.45) is 0 Å². The van der Waals surface area contributed by atoms with Gasteiger partial charge in [0.15, 0.2) is 5.82 Å². The third-order valence-electron chi connectivity index (χ3n) is 4.14. The van der Waals surface area contributed by atoms with Gasteiger partial charge in [0.25, 0.3) is 0 Å². The van der Waals surface area contributed by atoms with E-state index in [4.69, 9.17) is 10.7 Å². The molecule has 0 spiro atoms. The number of aromatic nitrogens is 3. The quantitative estimate of drug-likeness (QED) is 0.235. The number of hydrogen-bond acceptors (Lipinski definition) is 8. The van der Waals surface area contributed by atoms with Crippen LogP contribution < -0.4 is 16.4 Å². The molecule has 4 N–H and O–H groups in total. The fourth-order valence-electron chi connectivity index (χ4n) is 2.65. The molecule has 2 heterocycles. The number of halogens is 1. The highest BCUT2D eigenvalue weighted by Crippen LogP contribution is 2.41. The lowest BCUT2D eigenvalue weighted by Crippen LogP contribution is -2.18. The standard InChI is InChI=1S/C21H25FN6S.C2H6O.2C2H6/c1-5-24-11-12-26-20-25-10-9-15(27-20)18-17(28-19(29-18)21(2,3)4)13-7-6-8-14(23)16(13)22;1-3-2;2*1-2/h5-10,24H,1,11-12,23H2,2-4H3,(H,25,26,27);1-2H3;2*1-2H3. The molecular formula is C27H43FN6OS. The van der Waals surface area contributed by atoms with Crippen LogP contribution >= 0.6 is 11.3 Å². The minimum absolute atomic E-state index is 0.0959. The summed E-state index contributed by atoms with van der Waals surface area (Å²) in [7, 11) is 3.25. The lowest BCUT2D eigenvalue weighted by Gasteiger charge is -2.13. The second-order valence-electron chi connectivity index (χ2n) is 7.91. The predicted octanol–water partition coefficient (Wildman–Crippen LogP) is 6.75. The van der Waals surface area contributed by atoms with Crippen molar-refractivity contribution in [1.82, 2.24) is 20.3 Å². The van der Waals surface area contributed by atoms with Gasteiger partial charge in [-0.1, -0.05) is 61.1 Å². The van der Waals surface area contributed by atoms with Gasteiger partial charge < -0.3 is 21.1 Å². The zero-order valence-electron chi connectivity index (χ0n) is 23.2. The van der Waals surface area contributed by atoms with E-state index in [2.05, 4.69) is 52.7 Å². The molecule has 3 rings (SSSR count). The van der Waals surface area contributed by atoms with Crippen LogP contribution in [0.1, 0.15) is 53.5 Å². The van der Waals surface area contributed by atoms with Crippen molar-refractivity contribution in [2.45, 2.75) is 53.9 Å². The second kappa shape index (κ2) is 17.4. The normalized spacial score (nSPS) is 9.94. The zero-order valence-corrected chi connectivity index (χ0v) is 24.0. The molecule has 0 aliphatic carbocycles. The molecule has 0 saturated carbocycles. The van der Waals surface area contributed by atoms with Gasteiger partial charge in [0, 0.05) is 44.5 Å². The maximum atomic E-state index is 14.8. The summed E-state index contributed by atoms with van der Waals surface area (Å²) in [6, 6.07) is 6.77. The van der Waals surface area contributed by atoms with E-state index in [0.717, 1.165) is 9.88 Å². The van der Waals surface area contributed by atoms with Crippen molar-refractivity contribution >= 4 is 23.0 Å². The van der Waals surface area contributed by atoms with Gasteiger partial charge in [-0.25, -0.2) is 19.3 Å². The third kappa shape index (κ3) is 9.91. The van der Waals surface area contributed by atoms with Crippen molar-refractivity contribution in [2.75, 3.05) is 38.4 Å². The van der Waals surface area contributed by atoms with E-state index in [9.17, 15) is 4.39 Å². The summed E-state index contributed by atoms with van der Waals surface area (Å²) >= 11 is 1.51. The van der Waals surface area contributed by atoms with Gasteiger partial charge >= 0.3 is 0 Å². The fourth-order valence-corrected chi connectivity index (χ4v) is 3.76. The van der Waals surface area contributed by atoms with Crippen molar-refractivity contribution in [3.63, 3.8) is 0 Å². The number of thiazole rings is 1. The fraction of sp³-hybridized carbons (Fsp3) is 0.444. The number of nitrogens with one attached hydrogen (secondary N) is 2. The summed E-state index contributed by atoms with van der Waals surface area (Å²) in [5, 5.41) is 7.07. The molecule has 9 heteroatoms. The molecule has 3 aromatic rings. The molecule has 0 unspecified atom stereocenters. The van der Waals surface area contributed by atoms with Gasteiger partial charge in [0.1, 0.15) is 0 Å². The van der Waals surface area contributed by atoms with Crippen molar-refractivity contribution in [1.29, 1.82) is 0 Å². The number of anilines is 2. The van der Waals surface area contributed by atoms with E-state index in [1.807, 2.05) is 27.7 Å². The SMILES string of the molecule is C=CNCCNc1nccc(-c2sc(C(C)(C)C)nc2-c2cccc(N)c2F)n1.CC.CC.COC. The number of nitrogens with two attached hydrogens (primary N) is 1. The number of rotatable bonds is 7. The Hall–Kier alpha value is -3.04. The molecule has 36 heavy (non-hydrogen) atoms. The highest BCUT2D eigenvalue weighted by Gasteiger charge is 2.25. The van der Waals surface area contributed by atoms with Crippen LogP contribution in [0.15, 0.2) is 43.2 Å². The molecule has 0 amide bonds. The zero-order chi connectivity index (χ0) is 27.7. The number of methoxy groups -OCH3 is 1. The topological polar surface area (TPSA) is 98.0 Å². The summed E-state index contributed by atoms with van der Waals surface area (Å²) in [6.07, 6.45) is 3.32. The van der Waals surface area contributed by atoms with Crippen LogP contribution in [-0.2, 0) is 10.2 Å². The minimum atomic E-state index is -0.470. The second-order valence-corrected chi connectivity index (χ2v) is 8.91. The van der Waals surface area contributed by atoms with Gasteiger partial charge in [-0.2, -0.15) is 0 Å². The van der Waals surface area contributed by atoms with Gasteiger partial charge in [0.2, 0.25) is 5.95 Å². The van der Waals surface area contributed by atoms with E-state index < -0.39 is 5.82 Å². The molecule has 0 aliphatic heterocycles. The van der Waals surface area contributed by atoms with Crippen LogP contribution in [0.5, 0.6) is 0 Å². The third-order valence-corrected chi connectivity index (χ3v) is 5.64. The van der Waals surface area contributed by atoms with E-state index >= 15 is 0 Å². The Morgan fingerprint density at radius 3 is 2.31 bits per heavy atom. The van der Waals surface area contributed by atoms with Gasteiger partial charge in [-0.15, -0.1) is 11.3 Å². The minimum Gasteiger partial charge on any atom is -0.396 e. The van der Waals surface area contributed by atoms with Crippen molar-refractivity contribution in [3.8, 4) is 21.8 Å². The highest BCUT2D eigenvalue weighted by molar-refractivity contribution is 7.15. The Labute approximate surface area is 220 Å². The first kappa shape index (κ1) is 33.0. The Morgan fingerprint density at radius 2 is 1.72 bits per heavy atom. The Balaban J connectivity index is 0.00000159. The summed E-state index contributed by atoms with van der Waals surface area (Å²) < 4.78 is 19.0. The average Bonchev–Trinajstić information content (AvgIpc) is 3.33. The van der Waals surface area contributed by atoms with Crippen LogP contribution in [0.4, 0.5) is 16.0 Å². The van der Waals surface area contributed by atoms with Crippen molar-refractivity contribution in [3.05, 3.63) is 54.1 Å². The first-order valence-corrected chi connectivity index (χ1v) is 12.9.